The fourth-order valence-electron chi connectivity index (χ4n) is 4.01. The number of nitrogens with one attached hydrogen (secondary N) is 1. The molecule has 0 aromatic heterocycles. The SMILES string of the molecule is CN1CCC[C@@H](CCNC(=O)N2CCN(Cc3cccc(Cl)c3)CC2)C1. The summed E-state index contributed by atoms with van der Waals surface area (Å²) in [4.78, 5) is 19.1. The third-order valence-electron chi connectivity index (χ3n) is 5.51. The van der Waals surface area contributed by atoms with E-state index in [1.807, 2.05) is 23.1 Å². The summed E-state index contributed by atoms with van der Waals surface area (Å²) < 4.78 is 0. The van der Waals surface area contributed by atoms with Crippen molar-refractivity contribution in [3.8, 4) is 0 Å². The van der Waals surface area contributed by atoms with Crippen LogP contribution in [0, 0.1) is 5.92 Å². The number of carbonyl (C=O) groups excluding carboxylic acids is 1. The minimum Gasteiger partial charge on any atom is -0.338 e. The van der Waals surface area contributed by atoms with Gasteiger partial charge in [-0.15, -0.1) is 0 Å². The van der Waals surface area contributed by atoms with Crippen molar-refractivity contribution < 1.29 is 4.79 Å². The van der Waals surface area contributed by atoms with E-state index in [1.54, 1.807) is 0 Å². The number of hydrogen-bond donors (Lipinski definition) is 1. The number of benzene rings is 1. The Morgan fingerprint density at radius 2 is 2.04 bits per heavy atom. The van der Waals surface area contributed by atoms with Crippen LogP contribution in [-0.4, -0.2) is 73.6 Å². The second-order valence-electron chi connectivity index (χ2n) is 7.68. The van der Waals surface area contributed by atoms with Gasteiger partial charge < -0.3 is 15.1 Å². The van der Waals surface area contributed by atoms with Gasteiger partial charge in [0, 0.05) is 50.8 Å². The van der Waals surface area contributed by atoms with Crippen LogP contribution in [0.25, 0.3) is 0 Å². The minimum absolute atomic E-state index is 0.0940. The van der Waals surface area contributed by atoms with Crippen LogP contribution in [0.4, 0.5) is 4.79 Å². The van der Waals surface area contributed by atoms with Gasteiger partial charge in [-0.05, 0) is 56.5 Å². The Hall–Kier alpha value is -1.30. The molecule has 26 heavy (non-hydrogen) atoms. The summed E-state index contributed by atoms with van der Waals surface area (Å²) in [5, 5.41) is 3.90. The Kier molecular flexibility index (Phi) is 7.17. The molecule has 1 aromatic carbocycles. The number of carbonyl (C=O) groups is 1. The zero-order valence-corrected chi connectivity index (χ0v) is 16.5. The van der Waals surface area contributed by atoms with Crippen molar-refractivity contribution in [2.75, 3.05) is 52.9 Å². The van der Waals surface area contributed by atoms with E-state index in [2.05, 4.69) is 28.2 Å². The standard InChI is InChI=1S/C20H31ClN4O/c1-23-9-3-5-17(15-23)7-8-22-20(26)25-12-10-24(11-13-25)16-18-4-2-6-19(21)14-18/h2,4,6,14,17H,3,5,7-13,15-16H2,1H3,(H,22,26)/t17-/m0/s1. The lowest BCUT2D eigenvalue weighted by Gasteiger charge is -2.35. The Balaban J connectivity index is 1.34. The Labute approximate surface area is 162 Å². The van der Waals surface area contributed by atoms with E-state index >= 15 is 0 Å². The number of nitrogens with zero attached hydrogens (tertiary/aromatic N) is 3. The average Bonchev–Trinajstić information content (AvgIpc) is 2.62. The Morgan fingerprint density at radius 3 is 2.77 bits per heavy atom. The van der Waals surface area contributed by atoms with Gasteiger partial charge in [0.05, 0.1) is 0 Å². The Morgan fingerprint density at radius 1 is 1.23 bits per heavy atom. The molecule has 0 radical (unpaired) electrons. The van der Waals surface area contributed by atoms with Gasteiger partial charge in [-0.2, -0.15) is 0 Å². The highest BCUT2D eigenvalue weighted by atomic mass is 35.5. The molecule has 0 saturated carbocycles. The fourth-order valence-corrected chi connectivity index (χ4v) is 4.22. The van der Waals surface area contributed by atoms with Crippen LogP contribution in [0.3, 0.4) is 0 Å². The number of amides is 2. The van der Waals surface area contributed by atoms with Gasteiger partial charge in [-0.3, -0.25) is 4.90 Å². The van der Waals surface area contributed by atoms with Crippen LogP contribution < -0.4 is 5.32 Å². The van der Waals surface area contributed by atoms with E-state index in [4.69, 9.17) is 11.6 Å². The molecule has 6 heteroatoms. The molecule has 5 nitrogen and oxygen atoms in total. The average molecular weight is 379 g/mol. The highest BCUT2D eigenvalue weighted by Gasteiger charge is 2.22. The van der Waals surface area contributed by atoms with Gasteiger partial charge in [-0.1, -0.05) is 23.7 Å². The molecule has 1 aromatic rings. The van der Waals surface area contributed by atoms with Crippen molar-refractivity contribution in [1.29, 1.82) is 0 Å². The molecular weight excluding hydrogens is 348 g/mol. The van der Waals surface area contributed by atoms with Crippen molar-refractivity contribution >= 4 is 17.6 Å². The van der Waals surface area contributed by atoms with Crippen molar-refractivity contribution in [2.24, 2.45) is 5.92 Å². The predicted octanol–water partition coefficient (Wildman–Crippen LogP) is 2.90. The summed E-state index contributed by atoms with van der Waals surface area (Å²) in [5.74, 6) is 0.726. The number of rotatable bonds is 5. The largest absolute Gasteiger partial charge is 0.338 e. The molecule has 2 amide bonds. The zero-order valence-electron chi connectivity index (χ0n) is 15.8. The summed E-state index contributed by atoms with van der Waals surface area (Å²) in [7, 11) is 2.19. The molecule has 2 fully saturated rings. The lowest BCUT2D eigenvalue weighted by Crippen LogP contribution is -2.51. The van der Waals surface area contributed by atoms with Gasteiger partial charge in [0.1, 0.15) is 0 Å². The lowest BCUT2D eigenvalue weighted by molar-refractivity contribution is 0.134. The first-order valence-corrected chi connectivity index (χ1v) is 10.2. The second kappa shape index (κ2) is 9.58. The van der Waals surface area contributed by atoms with Crippen molar-refractivity contribution in [2.45, 2.75) is 25.8 Å². The summed E-state index contributed by atoms with van der Waals surface area (Å²) in [6.07, 6.45) is 3.66. The normalized spacial score (nSPS) is 22.4. The van der Waals surface area contributed by atoms with Crippen LogP contribution in [0.2, 0.25) is 5.02 Å². The summed E-state index contributed by atoms with van der Waals surface area (Å²) in [6.45, 7) is 7.46. The highest BCUT2D eigenvalue weighted by Crippen LogP contribution is 2.18. The molecule has 144 valence electrons. The molecule has 2 saturated heterocycles. The molecule has 1 atom stereocenters. The predicted molar refractivity (Wildman–Crippen MR) is 107 cm³/mol. The molecular formula is C20H31ClN4O. The van der Waals surface area contributed by atoms with E-state index in [0.717, 1.165) is 63.2 Å². The van der Waals surface area contributed by atoms with E-state index < -0.39 is 0 Å². The molecule has 0 spiro atoms. The van der Waals surface area contributed by atoms with E-state index in [1.165, 1.54) is 24.9 Å². The van der Waals surface area contributed by atoms with E-state index in [9.17, 15) is 4.79 Å². The maximum Gasteiger partial charge on any atom is 0.317 e. The van der Waals surface area contributed by atoms with Crippen molar-refractivity contribution in [3.63, 3.8) is 0 Å². The van der Waals surface area contributed by atoms with Gasteiger partial charge in [0.15, 0.2) is 0 Å². The van der Waals surface area contributed by atoms with Crippen LogP contribution >= 0.6 is 11.6 Å². The highest BCUT2D eigenvalue weighted by molar-refractivity contribution is 6.30. The molecule has 1 N–H and O–H groups in total. The first kappa shape index (κ1) is 19.5. The molecule has 2 aliphatic heterocycles. The molecule has 0 unspecified atom stereocenters. The summed E-state index contributed by atoms with van der Waals surface area (Å²) in [6, 6.07) is 8.11. The smallest absolute Gasteiger partial charge is 0.317 e. The topological polar surface area (TPSA) is 38.8 Å². The van der Waals surface area contributed by atoms with Gasteiger partial charge >= 0.3 is 6.03 Å². The number of hydrogen-bond acceptors (Lipinski definition) is 3. The number of piperidine rings is 1. The molecule has 0 aliphatic carbocycles. The lowest BCUT2D eigenvalue weighted by atomic mass is 9.95. The van der Waals surface area contributed by atoms with Crippen LogP contribution in [0.1, 0.15) is 24.8 Å². The van der Waals surface area contributed by atoms with Crippen molar-refractivity contribution in [1.82, 2.24) is 20.0 Å². The third-order valence-corrected chi connectivity index (χ3v) is 5.74. The van der Waals surface area contributed by atoms with E-state index in [0.29, 0.717) is 0 Å². The maximum absolute atomic E-state index is 12.4. The fraction of sp³-hybridized carbons (Fsp3) is 0.650. The Bertz CT molecular complexity index is 589. The molecule has 2 heterocycles. The minimum atomic E-state index is 0.0940. The number of halogens is 1. The summed E-state index contributed by atoms with van der Waals surface area (Å²) in [5.41, 5.74) is 1.23. The monoisotopic (exact) mass is 378 g/mol. The number of urea groups is 1. The van der Waals surface area contributed by atoms with Gasteiger partial charge in [0.25, 0.3) is 0 Å². The van der Waals surface area contributed by atoms with E-state index in [-0.39, 0.29) is 6.03 Å². The second-order valence-corrected chi connectivity index (χ2v) is 8.12. The van der Waals surface area contributed by atoms with Crippen LogP contribution in [0.5, 0.6) is 0 Å². The van der Waals surface area contributed by atoms with Crippen molar-refractivity contribution in [3.05, 3.63) is 34.9 Å². The zero-order chi connectivity index (χ0) is 18.4. The van der Waals surface area contributed by atoms with Gasteiger partial charge in [-0.25, -0.2) is 4.79 Å². The third kappa shape index (κ3) is 5.86. The number of piperazine rings is 1. The molecule has 3 rings (SSSR count). The quantitative estimate of drug-likeness (QED) is 0.856. The molecule has 2 aliphatic rings. The first-order chi connectivity index (χ1) is 12.6. The first-order valence-electron chi connectivity index (χ1n) is 9.78. The van der Waals surface area contributed by atoms with Gasteiger partial charge in [0.2, 0.25) is 0 Å². The summed E-state index contributed by atoms with van der Waals surface area (Å²) >= 11 is 6.06. The number of likely N-dealkylation sites (tertiary alicyclic amines) is 1. The molecule has 0 bridgehead atoms. The maximum atomic E-state index is 12.4. The van der Waals surface area contributed by atoms with Crippen LogP contribution in [-0.2, 0) is 6.54 Å². The van der Waals surface area contributed by atoms with Crippen LogP contribution in [0.15, 0.2) is 24.3 Å².